The van der Waals surface area contributed by atoms with Crippen LogP contribution in [0.25, 0.3) is 0 Å². The van der Waals surface area contributed by atoms with E-state index in [-0.39, 0.29) is 24.0 Å². The number of anilines is 1. The minimum Gasteiger partial charge on any atom is -0.485 e. The van der Waals surface area contributed by atoms with Crippen molar-refractivity contribution in [2.75, 3.05) is 5.32 Å². The average Bonchev–Trinajstić information content (AvgIpc) is 3.05. The van der Waals surface area contributed by atoms with Crippen molar-refractivity contribution in [3.8, 4) is 5.75 Å². The molecule has 0 saturated carbocycles. The van der Waals surface area contributed by atoms with E-state index >= 15 is 0 Å². The molecule has 0 bridgehead atoms. The molecule has 2 aromatic carbocycles. The maximum atomic E-state index is 12.9. The Kier molecular flexibility index (Phi) is 5.08. The molecule has 7 heteroatoms. The van der Waals surface area contributed by atoms with E-state index in [1.165, 1.54) is 35.6 Å². The van der Waals surface area contributed by atoms with E-state index in [1.54, 1.807) is 17.5 Å². The number of halogens is 2. The molecule has 4 nitrogen and oxygen atoms in total. The summed E-state index contributed by atoms with van der Waals surface area (Å²) in [6, 6.07) is 12.7. The molecule has 3 rings (SSSR count). The highest BCUT2D eigenvalue weighted by Crippen LogP contribution is 2.24. The molecule has 0 fully saturated rings. The minimum atomic E-state index is -0.360. The second-order valence-corrected chi connectivity index (χ2v) is 6.16. The first-order valence-electron chi connectivity index (χ1n) is 7.00. The molecular weight excluding hydrogens is 351 g/mol. The van der Waals surface area contributed by atoms with Crippen LogP contribution < -0.4 is 10.1 Å². The van der Waals surface area contributed by atoms with Gasteiger partial charge in [0.25, 0.3) is 5.91 Å². The molecule has 0 aliphatic heterocycles. The Labute approximate surface area is 146 Å². The lowest BCUT2D eigenvalue weighted by atomic mass is 10.3. The van der Waals surface area contributed by atoms with Gasteiger partial charge in [0.2, 0.25) is 0 Å². The summed E-state index contributed by atoms with van der Waals surface area (Å²) < 4.78 is 18.4. The third-order valence-electron chi connectivity index (χ3n) is 3.07. The fraction of sp³-hybridized carbons (Fsp3) is 0.0588. The first-order chi connectivity index (χ1) is 11.6. The summed E-state index contributed by atoms with van der Waals surface area (Å²) >= 11 is 7.33. The van der Waals surface area contributed by atoms with Crippen LogP contribution in [-0.4, -0.2) is 10.9 Å². The number of carbonyl (C=O) groups excluding carboxylic acids is 1. The second kappa shape index (κ2) is 7.42. The molecule has 0 spiro atoms. The van der Waals surface area contributed by atoms with Crippen molar-refractivity contribution >= 4 is 34.5 Å². The highest BCUT2D eigenvalue weighted by atomic mass is 35.5. The van der Waals surface area contributed by atoms with Gasteiger partial charge in [-0.2, -0.15) is 0 Å². The molecule has 24 heavy (non-hydrogen) atoms. The average molecular weight is 363 g/mol. The quantitative estimate of drug-likeness (QED) is 0.711. The van der Waals surface area contributed by atoms with Gasteiger partial charge in [0.1, 0.15) is 28.9 Å². The second-order valence-electron chi connectivity index (χ2n) is 4.81. The molecule has 0 atom stereocenters. The Balaban J connectivity index is 1.61. The van der Waals surface area contributed by atoms with Gasteiger partial charge in [-0.3, -0.25) is 4.79 Å². The summed E-state index contributed by atoms with van der Waals surface area (Å²) in [4.78, 5) is 16.4. The molecular formula is C17H12ClFN2O2S. The Bertz CT molecular complexity index is 852. The van der Waals surface area contributed by atoms with Crippen LogP contribution in [0.3, 0.4) is 0 Å². The number of carbonyl (C=O) groups is 1. The molecule has 1 heterocycles. The van der Waals surface area contributed by atoms with Crippen LogP contribution >= 0.6 is 22.9 Å². The van der Waals surface area contributed by atoms with Gasteiger partial charge in [-0.05, 0) is 36.4 Å². The lowest BCUT2D eigenvalue weighted by molar-refractivity contribution is 0.102. The van der Waals surface area contributed by atoms with Gasteiger partial charge in [-0.1, -0.05) is 23.7 Å². The zero-order chi connectivity index (χ0) is 16.9. The first-order valence-corrected chi connectivity index (χ1v) is 8.26. The van der Waals surface area contributed by atoms with Crippen molar-refractivity contribution in [2.24, 2.45) is 0 Å². The number of hydrogen-bond donors (Lipinski definition) is 1. The molecule has 0 unspecified atom stereocenters. The topological polar surface area (TPSA) is 51.2 Å². The van der Waals surface area contributed by atoms with Gasteiger partial charge in [-0.25, -0.2) is 9.37 Å². The van der Waals surface area contributed by atoms with Gasteiger partial charge in [0, 0.05) is 11.1 Å². The van der Waals surface area contributed by atoms with Crippen molar-refractivity contribution in [1.82, 2.24) is 4.98 Å². The van der Waals surface area contributed by atoms with Gasteiger partial charge in [0.15, 0.2) is 0 Å². The highest BCUT2D eigenvalue weighted by molar-refractivity contribution is 7.09. The number of rotatable bonds is 5. The number of ether oxygens (including phenoxy) is 1. The lowest BCUT2D eigenvalue weighted by Gasteiger charge is -2.05. The van der Waals surface area contributed by atoms with Crippen LogP contribution in [0, 0.1) is 5.82 Å². The molecule has 1 amide bonds. The lowest BCUT2D eigenvalue weighted by Crippen LogP contribution is -2.12. The summed E-state index contributed by atoms with van der Waals surface area (Å²) in [6.07, 6.45) is 0. The predicted octanol–water partition coefficient (Wildman–Crippen LogP) is 4.77. The monoisotopic (exact) mass is 362 g/mol. The number of nitrogens with zero attached hydrogens (tertiary/aromatic N) is 1. The van der Waals surface area contributed by atoms with E-state index in [1.807, 2.05) is 12.1 Å². The zero-order valence-corrected chi connectivity index (χ0v) is 13.9. The maximum Gasteiger partial charge on any atom is 0.275 e. The molecule has 0 radical (unpaired) electrons. The smallest absolute Gasteiger partial charge is 0.275 e. The molecule has 0 saturated heterocycles. The molecule has 0 aliphatic carbocycles. The van der Waals surface area contributed by atoms with Crippen molar-refractivity contribution in [2.45, 2.75) is 6.61 Å². The molecule has 122 valence electrons. The SMILES string of the molecule is O=C(Nc1ccc(F)cc1)c1csc(COc2ccccc2Cl)n1. The fourth-order valence-electron chi connectivity index (χ4n) is 1.91. The highest BCUT2D eigenvalue weighted by Gasteiger charge is 2.12. The summed E-state index contributed by atoms with van der Waals surface area (Å²) in [7, 11) is 0. The van der Waals surface area contributed by atoms with E-state index in [0.717, 1.165) is 0 Å². The van der Waals surface area contributed by atoms with Crippen LogP contribution in [0.4, 0.5) is 10.1 Å². The Hall–Kier alpha value is -2.44. The van der Waals surface area contributed by atoms with E-state index in [4.69, 9.17) is 16.3 Å². The number of amides is 1. The molecule has 0 aliphatic rings. The number of aromatic nitrogens is 1. The van der Waals surface area contributed by atoms with Crippen molar-refractivity contribution in [1.29, 1.82) is 0 Å². The normalized spacial score (nSPS) is 10.4. The number of para-hydroxylation sites is 1. The summed E-state index contributed by atoms with van der Waals surface area (Å²) in [5.74, 6) is -0.158. The summed E-state index contributed by atoms with van der Waals surface area (Å²) in [5, 5.41) is 5.47. The van der Waals surface area contributed by atoms with Gasteiger partial charge in [-0.15, -0.1) is 11.3 Å². The third kappa shape index (κ3) is 4.10. The van der Waals surface area contributed by atoms with Crippen molar-refractivity contribution in [3.63, 3.8) is 0 Å². The van der Waals surface area contributed by atoms with Crippen molar-refractivity contribution < 1.29 is 13.9 Å². The standard InChI is InChI=1S/C17H12ClFN2O2S/c18-13-3-1-2-4-15(13)23-9-16-21-14(10-24-16)17(22)20-12-7-5-11(19)6-8-12/h1-8,10H,9H2,(H,20,22). The molecule has 1 aromatic heterocycles. The predicted molar refractivity (Wildman–Crippen MR) is 92.3 cm³/mol. The van der Waals surface area contributed by atoms with Gasteiger partial charge >= 0.3 is 0 Å². The number of hydrogen-bond acceptors (Lipinski definition) is 4. The number of thiazole rings is 1. The Morgan fingerprint density at radius 3 is 2.71 bits per heavy atom. The zero-order valence-electron chi connectivity index (χ0n) is 12.3. The number of benzene rings is 2. The van der Waals surface area contributed by atoms with Crippen LogP contribution in [0.2, 0.25) is 5.02 Å². The van der Waals surface area contributed by atoms with E-state index in [9.17, 15) is 9.18 Å². The van der Waals surface area contributed by atoms with Crippen LogP contribution in [-0.2, 0) is 6.61 Å². The van der Waals surface area contributed by atoms with Crippen LogP contribution in [0.1, 0.15) is 15.5 Å². The van der Waals surface area contributed by atoms with E-state index in [2.05, 4.69) is 10.3 Å². The van der Waals surface area contributed by atoms with Gasteiger partial charge in [0.05, 0.1) is 5.02 Å². The molecule has 1 N–H and O–H groups in total. The van der Waals surface area contributed by atoms with E-state index < -0.39 is 0 Å². The first kappa shape index (κ1) is 16.4. The van der Waals surface area contributed by atoms with E-state index in [0.29, 0.717) is 21.5 Å². The van der Waals surface area contributed by atoms with Crippen LogP contribution in [0.15, 0.2) is 53.9 Å². The van der Waals surface area contributed by atoms with Crippen LogP contribution in [0.5, 0.6) is 5.75 Å². The minimum absolute atomic E-state index is 0.220. The summed E-state index contributed by atoms with van der Waals surface area (Å²) in [6.45, 7) is 0.220. The summed E-state index contributed by atoms with van der Waals surface area (Å²) in [5.41, 5.74) is 0.783. The van der Waals surface area contributed by atoms with Crippen molar-refractivity contribution in [3.05, 3.63) is 75.5 Å². The largest absolute Gasteiger partial charge is 0.485 e. The maximum absolute atomic E-state index is 12.9. The Morgan fingerprint density at radius 1 is 1.21 bits per heavy atom. The van der Waals surface area contributed by atoms with Gasteiger partial charge < -0.3 is 10.1 Å². The molecule has 3 aromatic rings. The fourth-order valence-corrected chi connectivity index (χ4v) is 2.79. The third-order valence-corrected chi connectivity index (χ3v) is 4.21. The Morgan fingerprint density at radius 2 is 1.96 bits per heavy atom. The number of nitrogens with one attached hydrogen (secondary N) is 1.